The molecule has 8 heteroatoms. The number of fused-ring (bicyclic) bond motifs is 1. The molecule has 0 aliphatic carbocycles. The molecule has 0 aliphatic heterocycles. The van der Waals surface area contributed by atoms with Crippen LogP contribution in [0.3, 0.4) is 0 Å². The average Bonchev–Trinajstić information content (AvgIpc) is 2.96. The molecular weight excluding hydrogens is 361 g/mol. The fraction of sp³-hybridized carbons (Fsp3) is 0.353. The summed E-state index contributed by atoms with van der Waals surface area (Å²) in [6, 6.07) is 5.96. The number of alkyl halides is 2. The predicted octanol–water partition coefficient (Wildman–Crippen LogP) is 4.64. The van der Waals surface area contributed by atoms with Crippen LogP contribution in [0.1, 0.15) is 42.6 Å². The maximum Gasteiger partial charge on any atom is 0.228 e. The Bertz CT molecular complexity index is 894. The standard InChI is InChI=1S/C17H19Cl2N5O/c1-8-5-6-9(2)13-11(8)7-12(25-13)10(3)21-16-23-14(17(4,18)19)22-15(20)24-16/h5-7,10H,1-4H3,(H3,20,21,22,23,24). The maximum absolute atomic E-state index is 6.06. The van der Waals surface area contributed by atoms with E-state index in [1.165, 1.54) is 0 Å². The number of aromatic nitrogens is 3. The first kappa shape index (κ1) is 17.8. The molecule has 0 saturated carbocycles. The van der Waals surface area contributed by atoms with Crippen molar-refractivity contribution in [3.8, 4) is 0 Å². The molecule has 0 bridgehead atoms. The Labute approximate surface area is 155 Å². The molecule has 3 aromatic rings. The summed E-state index contributed by atoms with van der Waals surface area (Å²) < 4.78 is 4.76. The molecule has 25 heavy (non-hydrogen) atoms. The molecular formula is C17H19Cl2N5O. The topological polar surface area (TPSA) is 89.9 Å². The first-order valence-corrected chi connectivity index (χ1v) is 8.57. The summed E-state index contributed by atoms with van der Waals surface area (Å²) in [5.41, 5.74) is 8.86. The van der Waals surface area contributed by atoms with E-state index in [9.17, 15) is 0 Å². The van der Waals surface area contributed by atoms with Crippen LogP contribution >= 0.6 is 23.2 Å². The van der Waals surface area contributed by atoms with Crippen molar-refractivity contribution in [2.45, 2.75) is 38.1 Å². The lowest BCUT2D eigenvalue weighted by atomic mass is 10.1. The van der Waals surface area contributed by atoms with Gasteiger partial charge in [-0.1, -0.05) is 35.3 Å². The van der Waals surface area contributed by atoms with Crippen molar-refractivity contribution in [3.63, 3.8) is 0 Å². The van der Waals surface area contributed by atoms with Gasteiger partial charge in [0.05, 0.1) is 6.04 Å². The van der Waals surface area contributed by atoms with Gasteiger partial charge in [0, 0.05) is 5.39 Å². The van der Waals surface area contributed by atoms with Crippen LogP contribution in [0.25, 0.3) is 11.0 Å². The summed E-state index contributed by atoms with van der Waals surface area (Å²) >= 11 is 12.1. The second-order valence-electron chi connectivity index (χ2n) is 6.19. The third-order valence-corrected chi connectivity index (χ3v) is 4.27. The number of aryl methyl sites for hydroxylation is 2. The molecule has 6 nitrogen and oxygen atoms in total. The highest BCUT2D eigenvalue weighted by molar-refractivity contribution is 6.47. The molecule has 2 heterocycles. The zero-order valence-corrected chi connectivity index (χ0v) is 15.9. The van der Waals surface area contributed by atoms with Gasteiger partial charge in [0.15, 0.2) is 10.2 Å². The number of nitrogen functional groups attached to an aromatic ring is 1. The van der Waals surface area contributed by atoms with Gasteiger partial charge < -0.3 is 15.5 Å². The van der Waals surface area contributed by atoms with Crippen molar-refractivity contribution in [3.05, 3.63) is 40.9 Å². The Kier molecular flexibility index (Phi) is 4.51. The monoisotopic (exact) mass is 379 g/mol. The minimum atomic E-state index is -1.26. The Hall–Kier alpha value is -2.05. The molecule has 0 aliphatic rings. The normalized spacial score (nSPS) is 13.2. The highest BCUT2D eigenvalue weighted by atomic mass is 35.5. The fourth-order valence-corrected chi connectivity index (χ4v) is 2.71. The van der Waals surface area contributed by atoms with Gasteiger partial charge in [-0.2, -0.15) is 15.0 Å². The highest BCUT2D eigenvalue weighted by Crippen LogP contribution is 2.32. The van der Waals surface area contributed by atoms with E-state index in [2.05, 4.69) is 33.3 Å². The van der Waals surface area contributed by atoms with Gasteiger partial charge >= 0.3 is 0 Å². The van der Waals surface area contributed by atoms with E-state index in [-0.39, 0.29) is 23.8 Å². The number of nitrogens with two attached hydrogens (primary N) is 1. The minimum Gasteiger partial charge on any atom is -0.459 e. The van der Waals surface area contributed by atoms with E-state index in [0.29, 0.717) is 0 Å². The van der Waals surface area contributed by atoms with E-state index >= 15 is 0 Å². The first-order valence-electron chi connectivity index (χ1n) is 7.81. The second kappa shape index (κ2) is 6.35. The molecule has 0 fully saturated rings. The summed E-state index contributed by atoms with van der Waals surface area (Å²) in [5.74, 6) is 1.29. The Morgan fingerprint density at radius 3 is 2.48 bits per heavy atom. The highest BCUT2D eigenvalue weighted by Gasteiger charge is 2.25. The molecule has 0 amide bonds. The number of nitrogens with one attached hydrogen (secondary N) is 1. The second-order valence-corrected chi connectivity index (χ2v) is 7.89. The molecule has 2 aromatic heterocycles. The SMILES string of the molecule is Cc1ccc(C)c2oc(C(C)Nc3nc(N)nc(C(C)(Cl)Cl)n3)cc12. The van der Waals surface area contributed by atoms with Gasteiger partial charge in [-0.25, -0.2) is 0 Å². The summed E-state index contributed by atoms with van der Waals surface area (Å²) in [6.07, 6.45) is 0. The van der Waals surface area contributed by atoms with Crippen LogP contribution in [0, 0.1) is 13.8 Å². The Balaban J connectivity index is 1.93. The molecule has 1 aromatic carbocycles. The molecule has 1 unspecified atom stereocenters. The Morgan fingerprint density at radius 2 is 1.84 bits per heavy atom. The number of benzene rings is 1. The molecule has 132 valence electrons. The van der Waals surface area contributed by atoms with E-state index in [1.54, 1.807) is 6.92 Å². The smallest absolute Gasteiger partial charge is 0.228 e. The van der Waals surface area contributed by atoms with Crippen molar-refractivity contribution in [2.75, 3.05) is 11.1 Å². The number of anilines is 2. The summed E-state index contributed by atoms with van der Waals surface area (Å²) in [7, 11) is 0. The van der Waals surface area contributed by atoms with Crippen LogP contribution in [0.5, 0.6) is 0 Å². The summed E-state index contributed by atoms with van der Waals surface area (Å²) in [6.45, 7) is 7.60. The van der Waals surface area contributed by atoms with Crippen LogP contribution in [0.4, 0.5) is 11.9 Å². The van der Waals surface area contributed by atoms with E-state index in [1.807, 2.05) is 26.0 Å². The van der Waals surface area contributed by atoms with Crippen LogP contribution < -0.4 is 11.1 Å². The fourth-order valence-electron chi connectivity index (χ4n) is 2.54. The predicted molar refractivity (Wildman–Crippen MR) is 101 cm³/mol. The lowest BCUT2D eigenvalue weighted by Gasteiger charge is -2.15. The van der Waals surface area contributed by atoms with E-state index in [0.717, 1.165) is 27.9 Å². The van der Waals surface area contributed by atoms with Crippen LogP contribution in [-0.4, -0.2) is 15.0 Å². The van der Waals surface area contributed by atoms with Crippen LogP contribution in [-0.2, 0) is 4.33 Å². The van der Waals surface area contributed by atoms with Crippen molar-refractivity contribution in [1.29, 1.82) is 0 Å². The van der Waals surface area contributed by atoms with Crippen molar-refractivity contribution in [1.82, 2.24) is 15.0 Å². The summed E-state index contributed by atoms with van der Waals surface area (Å²) in [4.78, 5) is 12.3. The van der Waals surface area contributed by atoms with Gasteiger partial charge in [-0.05, 0) is 44.9 Å². The zero-order valence-electron chi connectivity index (χ0n) is 14.4. The average molecular weight is 380 g/mol. The molecule has 0 spiro atoms. The van der Waals surface area contributed by atoms with Gasteiger partial charge in [0.2, 0.25) is 11.9 Å². The number of hydrogen-bond donors (Lipinski definition) is 2. The van der Waals surface area contributed by atoms with Crippen molar-refractivity contribution in [2.24, 2.45) is 0 Å². The van der Waals surface area contributed by atoms with Gasteiger partial charge in [-0.3, -0.25) is 0 Å². The maximum atomic E-state index is 6.06. The summed E-state index contributed by atoms with van der Waals surface area (Å²) in [5, 5.41) is 4.25. The van der Waals surface area contributed by atoms with E-state index in [4.69, 9.17) is 33.4 Å². The molecule has 3 rings (SSSR count). The van der Waals surface area contributed by atoms with Gasteiger partial charge in [0.25, 0.3) is 0 Å². The number of nitrogens with zero attached hydrogens (tertiary/aromatic N) is 3. The first-order chi connectivity index (χ1) is 11.6. The van der Waals surface area contributed by atoms with Crippen LogP contribution in [0.2, 0.25) is 0 Å². The lowest BCUT2D eigenvalue weighted by molar-refractivity contribution is 0.523. The Morgan fingerprint density at radius 1 is 1.16 bits per heavy atom. The molecule has 1 atom stereocenters. The minimum absolute atomic E-state index is 0.0449. The van der Waals surface area contributed by atoms with Crippen LogP contribution in [0.15, 0.2) is 22.6 Å². The van der Waals surface area contributed by atoms with Gasteiger partial charge in [-0.15, -0.1) is 0 Å². The van der Waals surface area contributed by atoms with Gasteiger partial charge in [0.1, 0.15) is 11.3 Å². The third-order valence-electron chi connectivity index (χ3n) is 3.94. The zero-order chi connectivity index (χ0) is 18.4. The van der Waals surface area contributed by atoms with Crippen molar-refractivity contribution >= 4 is 46.1 Å². The number of halogens is 2. The quantitative estimate of drug-likeness (QED) is 0.641. The number of furan rings is 1. The lowest BCUT2D eigenvalue weighted by Crippen LogP contribution is -2.17. The number of hydrogen-bond acceptors (Lipinski definition) is 6. The number of rotatable bonds is 4. The van der Waals surface area contributed by atoms with Crippen molar-refractivity contribution < 1.29 is 4.42 Å². The molecule has 0 saturated heterocycles. The molecule has 3 N–H and O–H groups in total. The largest absolute Gasteiger partial charge is 0.459 e. The molecule has 0 radical (unpaired) electrons. The third kappa shape index (κ3) is 3.65. The van der Waals surface area contributed by atoms with E-state index < -0.39 is 4.33 Å².